The predicted octanol–water partition coefficient (Wildman–Crippen LogP) is 3.72. The summed E-state index contributed by atoms with van der Waals surface area (Å²) in [5.74, 6) is 1.31. The molecule has 4 rings (SSSR count). The lowest BCUT2D eigenvalue weighted by Gasteiger charge is -2.38. The van der Waals surface area contributed by atoms with Crippen LogP contribution in [0.2, 0.25) is 0 Å². The number of carbonyl (C=O) groups excluding carboxylic acids is 1. The lowest BCUT2D eigenvalue weighted by Crippen LogP contribution is -2.50. The van der Waals surface area contributed by atoms with Gasteiger partial charge in [0.05, 0.1) is 6.54 Å². The molecule has 0 N–H and O–H groups in total. The third-order valence-corrected chi connectivity index (χ3v) is 6.59. The maximum atomic E-state index is 13.1. The minimum Gasteiger partial charge on any atom is -0.444 e. The van der Waals surface area contributed by atoms with Crippen molar-refractivity contribution in [3.63, 3.8) is 0 Å². The molecule has 11 heteroatoms. The Kier molecular flexibility index (Phi) is 7.39. The van der Waals surface area contributed by atoms with Crippen molar-refractivity contribution >= 4 is 34.7 Å². The summed E-state index contributed by atoms with van der Waals surface area (Å²) >= 11 is 1.41. The number of fused-ring (bicyclic) bond motifs is 1. The number of hydrogen-bond donors (Lipinski definition) is 0. The van der Waals surface area contributed by atoms with Crippen molar-refractivity contribution in [2.45, 2.75) is 57.0 Å². The van der Waals surface area contributed by atoms with Gasteiger partial charge >= 0.3 is 6.09 Å². The molecule has 0 spiro atoms. The number of anilines is 1. The van der Waals surface area contributed by atoms with Gasteiger partial charge in [-0.15, -0.1) is 6.58 Å². The SMILES string of the molecule is C=CCn1c(=O)c2cnc(SC)nc2n1-c1cccc(N(C)[C@@H]2CCCN(C(=O)OC(C)(C)C)C2)n1. The van der Waals surface area contributed by atoms with Crippen LogP contribution in [0.1, 0.15) is 33.6 Å². The number of amides is 1. The molecule has 3 aromatic rings. The minimum atomic E-state index is -0.535. The quantitative estimate of drug-likeness (QED) is 0.281. The van der Waals surface area contributed by atoms with Crippen LogP contribution in [-0.2, 0) is 11.3 Å². The van der Waals surface area contributed by atoms with Gasteiger partial charge in [-0.2, -0.15) is 0 Å². The summed E-state index contributed by atoms with van der Waals surface area (Å²) in [4.78, 5) is 43.4. The van der Waals surface area contributed by atoms with Crippen molar-refractivity contribution < 1.29 is 9.53 Å². The van der Waals surface area contributed by atoms with Gasteiger partial charge in [-0.3, -0.25) is 4.79 Å². The molecule has 1 atom stereocenters. The van der Waals surface area contributed by atoms with Crippen LogP contribution in [0.25, 0.3) is 16.9 Å². The Morgan fingerprint density at radius 2 is 2.11 bits per heavy atom. The summed E-state index contributed by atoms with van der Waals surface area (Å²) < 4.78 is 8.87. The number of likely N-dealkylation sites (N-methyl/N-ethyl adjacent to an activating group) is 1. The first-order valence-electron chi connectivity index (χ1n) is 11.9. The molecule has 36 heavy (non-hydrogen) atoms. The number of rotatable bonds is 6. The number of nitrogens with zero attached hydrogens (tertiary/aromatic N) is 7. The van der Waals surface area contributed by atoms with Crippen LogP contribution in [0.4, 0.5) is 10.6 Å². The second kappa shape index (κ2) is 10.3. The number of allylic oxidation sites excluding steroid dienone is 1. The molecule has 1 aliphatic heterocycles. The van der Waals surface area contributed by atoms with E-state index in [0.29, 0.717) is 41.6 Å². The molecule has 1 amide bonds. The maximum Gasteiger partial charge on any atom is 0.410 e. The molecule has 4 heterocycles. The van der Waals surface area contributed by atoms with E-state index < -0.39 is 5.60 Å². The zero-order chi connectivity index (χ0) is 26.0. The van der Waals surface area contributed by atoms with Crippen molar-refractivity contribution in [1.29, 1.82) is 0 Å². The van der Waals surface area contributed by atoms with E-state index in [2.05, 4.69) is 21.4 Å². The Morgan fingerprint density at radius 3 is 2.81 bits per heavy atom. The highest BCUT2D eigenvalue weighted by Gasteiger charge is 2.30. The Balaban J connectivity index is 1.67. The van der Waals surface area contributed by atoms with Gasteiger partial charge in [0.1, 0.15) is 16.8 Å². The Morgan fingerprint density at radius 1 is 1.33 bits per heavy atom. The van der Waals surface area contributed by atoms with Crippen LogP contribution in [0.3, 0.4) is 0 Å². The van der Waals surface area contributed by atoms with E-state index in [1.54, 1.807) is 26.5 Å². The molecule has 3 aromatic heterocycles. The lowest BCUT2D eigenvalue weighted by atomic mass is 10.0. The molecular formula is C25H33N7O3S. The second-order valence-electron chi connectivity index (χ2n) is 9.77. The number of hydrogen-bond acceptors (Lipinski definition) is 8. The lowest BCUT2D eigenvalue weighted by molar-refractivity contribution is 0.0199. The Hall–Kier alpha value is -3.34. The molecular weight excluding hydrogens is 478 g/mol. The van der Waals surface area contributed by atoms with Crippen molar-refractivity contribution in [3.8, 4) is 5.82 Å². The third kappa shape index (κ3) is 5.25. The molecule has 0 saturated carbocycles. The van der Waals surface area contributed by atoms with Gasteiger partial charge in [-0.25, -0.2) is 29.1 Å². The molecule has 0 aromatic carbocycles. The molecule has 10 nitrogen and oxygen atoms in total. The van der Waals surface area contributed by atoms with Crippen molar-refractivity contribution in [2.24, 2.45) is 0 Å². The number of pyridine rings is 1. The monoisotopic (exact) mass is 511 g/mol. The van der Waals surface area contributed by atoms with Gasteiger partial charge in [0, 0.05) is 32.4 Å². The molecule has 1 fully saturated rings. The number of aromatic nitrogens is 5. The molecule has 0 unspecified atom stereocenters. The Bertz CT molecular complexity index is 1330. The number of ether oxygens (including phenoxy) is 1. The standard InChI is InChI=1S/C25H33N7O3S/c1-7-13-31-22(33)18-15-26-23(36-6)28-21(18)32(31)20-12-8-11-19(27-20)29(5)17-10-9-14-30(16-17)24(34)35-25(2,3)4/h7-8,11-12,15,17H,1,9-10,13-14,16H2,2-6H3/t17-/m1/s1. The predicted molar refractivity (Wildman–Crippen MR) is 142 cm³/mol. The average molecular weight is 512 g/mol. The number of piperidine rings is 1. The average Bonchev–Trinajstić information content (AvgIpc) is 3.13. The largest absolute Gasteiger partial charge is 0.444 e. The van der Waals surface area contributed by atoms with E-state index in [4.69, 9.17) is 9.72 Å². The minimum absolute atomic E-state index is 0.0798. The molecule has 1 saturated heterocycles. The van der Waals surface area contributed by atoms with E-state index in [1.165, 1.54) is 11.8 Å². The molecule has 1 aliphatic rings. The summed E-state index contributed by atoms with van der Waals surface area (Å²) in [6.07, 6.45) is 6.64. The van der Waals surface area contributed by atoms with Crippen molar-refractivity contribution in [2.75, 3.05) is 31.3 Å². The highest BCUT2D eigenvalue weighted by Crippen LogP contribution is 2.24. The summed E-state index contributed by atoms with van der Waals surface area (Å²) in [5.41, 5.74) is -0.229. The van der Waals surface area contributed by atoms with Crippen LogP contribution in [0, 0.1) is 0 Å². The normalized spacial score (nSPS) is 16.2. The van der Waals surface area contributed by atoms with Crippen LogP contribution in [0.15, 0.2) is 47.0 Å². The van der Waals surface area contributed by atoms with E-state index >= 15 is 0 Å². The highest BCUT2D eigenvalue weighted by molar-refractivity contribution is 7.98. The molecule has 0 aliphatic carbocycles. The van der Waals surface area contributed by atoms with E-state index in [9.17, 15) is 9.59 Å². The Labute approximate surface area is 215 Å². The van der Waals surface area contributed by atoms with E-state index in [0.717, 1.165) is 18.7 Å². The van der Waals surface area contributed by atoms with Crippen LogP contribution in [0.5, 0.6) is 0 Å². The van der Waals surface area contributed by atoms with Crippen LogP contribution in [-0.4, -0.2) is 73.3 Å². The molecule has 0 radical (unpaired) electrons. The van der Waals surface area contributed by atoms with Gasteiger partial charge in [0.2, 0.25) is 0 Å². The molecule has 0 bridgehead atoms. The maximum absolute atomic E-state index is 13.1. The van der Waals surface area contributed by atoms with Gasteiger partial charge in [-0.1, -0.05) is 23.9 Å². The van der Waals surface area contributed by atoms with Crippen molar-refractivity contribution in [1.82, 2.24) is 29.2 Å². The van der Waals surface area contributed by atoms with Gasteiger partial charge in [-0.05, 0) is 52.0 Å². The summed E-state index contributed by atoms with van der Waals surface area (Å²) in [5, 5.41) is 1.00. The first-order chi connectivity index (χ1) is 17.1. The van der Waals surface area contributed by atoms with Gasteiger partial charge in [0.15, 0.2) is 16.6 Å². The first kappa shape index (κ1) is 25.7. The zero-order valence-electron chi connectivity index (χ0n) is 21.5. The highest BCUT2D eigenvalue weighted by atomic mass is 32.2. The summed E-state index contributed by atoms with van der Waals surface area (Å²) in [7, 11) is 1.98. The van der Waals surface area contributed by atoms with E-state index in [1.807, 2.05) is 52.3 Å². The number of thioether (sulfide) groups is 1. The third-order valence-electron chi connectivity index (χ3n) is 6.03. The first-order valence-corrected chi connectivity index (χ1v) is 13.2. The van der Waals surface area contributed by atoms with Gasteiger partial charge < -0.3 is 14.5 Å². The number of carbonyl (C=O) groups is 1. The summed E-state index contributed by atoms with van der Waals surface area (Å²) in [6, 6.07) is 5.77. The second-order valence-corrected chi connectivity index (χ2v) is 10.5. The van der Waals surface area contributed by atoms with Gasteiger partial charge in [0.25, 0.3) is 5.56 Å². The van der Waals surface area contributed by atoms with Crippen LogP contribution < -0.4 is 10.5 Å². The molecule has 192 valence electrons. The van der Waals surface area contributed by atoms with Crippen molar-refractivity contribution in [3.05, 3.63) is 47.4 Å². The fourth-order valence-electron chi connectivity index (χ4n) is 4.31. The zero-order valence-corrected chi connectivity index (χ0v) is 22.3. The topological polar surface area (TPSA) is 98.4 Å². The van der Waals surface area contributed by atoms with E-state index in [-0.39, 0.29) is 17.7 Å². The fraction of sp³-hybridized carbons (Fsp3) is 0.480. The smallest absolute Gasteiger partial charge is 0.410 e. The number of likely N-dealkylation sites (tertiary alicyclic amines) is 1. The fourth-order valence-corrected chi connectivity index (χ4v) is 4.64. The summed E-state index contributed by atoms with van der Waals surface area (Å²) in [6.45, 7) is 10.9. The van der Waals surface area contributed by atoms with Crippen LogP contribution >= 0.6 is 11.8 Å².